The molecule has 0 saturated heterocycles. The first-order valence-corrected chi connectivity index (χ1v) is 12.4. The van der Waals surface area contributed by atoms with E-state index in [0.29, 0.717) is 11.5 Å². The summed E-state index contributed by atoms with van der Waals surface area (Å²) in [7, 11) is -1.03. The molecule has 0 aliphatic rings. The van der Waals surface area contributed by atoms with Crippen LogP contribution in [-0.4, -0.2) is 39.4 Å². The fraction of sp³-hybridized carbons (Fsp3) is 0.269. The number of sulfonamides is 1. The van der Waals surface area contributed by atoms with Gasteiger partial charge in [0.15, 0.2) is 11.5 Å². The number of rotatable bonds is 10. The van der Waals surface area contributed by atoms with Gasteiger partial charge in [-0.25, -0.2) is 12.8 Å². The number of aryl methyl sites for hydroxylation is 1. The first-order chi connectivity index (χ1) is 16.6. The summed E-state index contributed by atoms with van der Waals surface area (Å²) in [5, 5.41) is 2.81. The summed E-state index contributed by atoms with van der Waals surface area (Å²) in [6.07, 6.45) is 0. The SMILES string of the molecule is COc1ccc([C@@H](C)NC(=O)CN(Cc2ccccc2F)S(=O)(=O)c2ccc(C)cc2)cc1OC. The van der Waals surface area contributed by atoms with Crippen molar-refractivity contribution in [3.05, 3.63) is 89.2 Å². The number of carbonyl (C=O) groups excluding carboxylic acids is 1. The Morgan fingerprint density at radius 2 is 1.66 bits per heavy atom. The van der Waals surface area contributed by atoms with Crippen LogP contribution >= 0.6 is 0 Å². The summed E-state index contributed by atoms with van der Waals surface area (Å²) in [5.74, 6) is -0.0146. The van der Waals surface area contributed by atoms with E-state index in [0.717, 1.165) is 15.4 Å². The van der Waals surface area contributed by atoms with Gasteiger partial charge in [-0.2, -0.15) is 4.31 Å². The number of methoxy groups -OCH3 is 2. The highest BCUT2D eigenvalue weighted by molar-refractivity contribution is 7.89. The normalized spacial score (nSPS) is 12.3. The third kappa shape index (κ3) is 6.37. The largest absolute Gasteiger partial charge is 0.493 e. The monoisotopic (exact) mass is 500 g/mol. The van der Waals surface area contributed by atoms with E-state index < -0.39 is 34.3 Å². The molecular formula is C26H29FN2O5S. The number of halogens is 1. The minimum Gasteiger partial charge on any atom is -0.493 e. The number of benzene rings is 3. The Morgan fingerprint density at radius 3 is 2.29 bits per heavy atom. The molecule has 186 valence electrons. The number of nitrogens with one attached hydrogen (secondary N) is 1. The highest BCUT2D eigenvalue weighted by Crippen LogP contribution is 2.30. The molecule has 3 aromatic carbocycles. The van der Waals surface area contributed by atoms with Gasteiger partial charge in [-0.15, -0.1) is 0 Å². The molecule has 3 aromatic rings. The Morgan fingerprint density at radius 1 is 1.00 bits per heavy atom. The molecular weight excluding hydrogens is 471 g/mol. The van der Waals surface area contributed by atoms with Crippen molar-refractivity contribution in [2.45, 2.75) is 31.3 Å². The topological polar surface area (TPSA) is 84.9 Å². The van der Waals surface area contributed by atoms with Crippen LogP contribution < -0.4 is 14.8 Å². The molecule has 3 rings (SSSR count). The Kier molecular flexibility index (Phi) is 8.48. The van der Waals surface area contributed by atoms with E-state index in [1.54, 1.807) is 43.3 Å². The van der Waals surface area contributed by atoms with Crippen LogP contribution in [0.3, 0.4) is 0 Å². The molecule has 0 aliphatic carbocycles. The number of amides is 1. The molecule has 35 heavy (non-hydrogen) atoms. The van der Waals surface area contributed by atoms with E-state index in [1.165, 1.54) is 44.6 Å². The molecule has 9 heteroatoms. The maximum Gasteiger partial charge on any atom is 0.243 e. The Bertz CT molecular complexity index is 1280. The van der Waals surface area contributed by atoms with E-state index in [2.05, 4.69) is 5.32 Å². The maximum absolute atomic E-state index is 14.4. The maximum atomic E-state index is 14.4. The molecule has 0 fully saturated rings. The summed E-state index contributed by atoms with van der Waals surface area (Å²) >= 11 is 0. The summed E-state index contributed by atoms with van der Waals surface area (Å²) in [4.78, 5) is 13.0. The number of hydrogen-bond donors (Lipinski definition) is 1. The summed E-state index contributed by atoms with van der Waals surface area (Å²) in [6, 6.07) is 17.0. The van der Waals surface area contributed by atoms with Crippen molar-refractivity contribution >= 4 is 15.9 Å². The lowest BCUT2D eigenvalue weighted by Crippen LogP contribution is -2.41. The smallest absolute Gasteiger partial charge is 0.243 e. The standard InChI is InChI=1S/C26H29FN2O5S/c1-18-9-12-22(13-10-18)35(31,32)29(16-21-7-5-6-8-23(21)27)17-26(30)28-19(2)20-11-14-24(33-3)25(15-20)34-4/h5-15,19H,16-17H2,1-4H3,(H,28,30)/t19-/m1/s1. The molecule has 1 atom stereocenters. The van der Waals surface area contributed by atoms with Crippen molar-refractivity contribution in [2.75, 3.05) is 20.8 Å². The quantitative estimate of drug-likeness (QED) is 0.451. The zero-order valence-corrected chi connectivity index (χ0v) is 20.9. The number of nitrogens with zero attached hydrogens (tertiary/aromatic N) is 1. The lowest BCUT2D eigenvalue weighted by atomic mass is 10.1. The molecule has 0 aromatic heterocycles. The van der Waals surface area contributed by atoms with Crippen molar-refractivity contribution < 1.29 is 27.1 Å². The first-order valence-electron chi connectivity index (χ1n) is 11.0. The van der Waals surface area contributed by atoms with Gasteiger partial charge >= 0.3 is 0 Å². The van der Waals surface area contributed by atoms with E-state index in [9.17, 15) is 17.6 Å². The van der Waals surface area contributed by atoms with E-state index in [-0.39, 0.29) is 17.0 Å². The molecule has 0 radical (unpaired) electrons. The Hall–Kier alpha value is -3.43. The molecule has 0 spiro atoms. The van der Waals surface area contributed by atoms with Gasteiger partial charge in [0, 0.05) is 12.1 Å². The molecule has 1 amide bonds. The lowest BCUT2D eigenvalue weighted by molar-refractivity contribution is -0.122. The average molecular weight is 501 g/mol. The van der Waals surface area contributed by atoms with Crippen LogP contribution in [0.15, 0.2) is 71.6 Å². The third-order valence-electron chi connectivity index (χ3n) is 5.57. The van der Waals surface area contributed by atoms with Crippen LogP contribution in [0.4, 0.5) is 4.39 Å². The number of hydrogen-bond acceptors (Lipinski definition) is 5. The lowest BCUT2D eigenvalue weighted by Gasteiger charge is -2.24. The zero-order chi connectivity index (χ0) is 25.6. The van der Waals surface area contributed by atoms with Crippen LogP contribution in [0.1, 0.15) is 29.7 Å². The van der Waals surface area contributed by atoms with Gasteiger partial charge in [0.25, 0.3) is 0 Å². The highest BCUT2D eigenvalue weighted by atomic mass is 32.2. The minimum atomic E-state index is -4.08. The van der Waals surface area contributed by atoms with Crippen LogP contribution in [0.2, 0.25) is 0 Å². The third-order valence-corrected chi connectivity index (χ3v) is 7.37. The average Bonchev–Trinajstić information content (AvgIpc) is 2.84. The Labute approximate surface area is 205 Å². The highest BCUT2D eigenvalue weighted by Gasteiger charge is 2.28. The van der Waals surface area contributed by atoms with Gasteiger partial charge in [0.2, 0.25) is 15.9 Å². The fourth-order valence-corrected chi connectivity index (χ4v) is 4.93. The second-order valence-corrected chi connectivity index (χ2v) is 10.0. The fourth-order valence-electron chi connectivity index (χ4n) is 3.55. The second-order valence-electron chi connectivity index (χ2n) is 8.08. The van der Waals surface area contributed by atoms with Gasteiger partial charge in [-0.1, -0.05) is 42.0 Å². The van der Waals surface area contributed by atoms with E-state index in [4.69, 9.17) is 9.47 Å². The second kappa shape index (κ2) is 11.3. The predicted octanol–water partition coefficient (Wildman–Crippen LogP) is 4.22. The molecule has 0 saturated carbocycles. The van der Waals surface area contributed by atoms with Crippen molar-refractivity contribution in [1.29, 1.82) is 0 Å². The first kappa shape index (κ1) is 26.2. The van der Waals surface area contributed by atoms with Crippen LogP contribution in [0, 0.1) is 12.7 Å². The van der Waals surface area contributed by atoms with Gasteiger partial charge in [0.05, 0.1) is 31.7 Å². The zero-order valence-electron chi connectivity index (χ0n) is 20.1. The van der Waals surface area contributed by atoms with E-state index in [1.807, 2.05) is 6.92 Å². The molecule has 0 unspecified atom stereocenters. The predicted molar refractivity (Wildman–Crippen MR) is 131 cm³/mol. The number of carbonyl (C=O) groups is 1. The molecule has 0 bridgehead atoms. The number of ether oxygens (including phenoxy) is 2. The molecule has 0 aliphatic heterocycles. The van der Waals surface area contributed by atoms with Crippen molar-refractivity contribution in [3.8, 4) is 11.5 Å². The van der Waals surface area contributed by atoms with Gasteiger partial charge < -0.3 is 14.8 Å². The summed E-state index contributed by atoms with van der Waals surface area (Å²) in [6.45, 7) is 2.84. The van der Waals surface area contributed by atoms with Crippen molar-refractivity contribution in [3.63, 3.8) is 0 Å². The van der Waals surface area contributed by atoms with Gasteiger partial charge in [-0.3, -0.25) is 4.79 Å². The Balaban J connectivity index is 1.84. The molecule has 7 nitrogen and oxygen atoms in total. The van der Waals surface area contributed by atoms with Crippen molar-refractivity contribution in [1.82, 2.24) is 9.62 Å². The van der Waals surface area contributed by atoms with Crippen molar-refractivity contribution in [2.24, 2.45) is 0 Å². The van der Waals surface area contributed by atoms with Gasteiger partial charge in [0.1, 0.15) is 5.82 Å². The van der Waals surface area contributed by atoms with Crippen LogP contribution in [0.5, 0.6) is 11.5 Å². The molecule has 1 N–H and O–H groups in total. The minimum absolute atomic E-state index is 0.0279. The summed E-state index contributed by atoms with van der Waals surface area (Å²) in [5.41, 5.74) is 1.81. The van der Waals surface area contributed by atoms with Gasteiger partial charge in [-0.05, 0) is 49.7 Å². The molecule has 0 heterocycles. The van der Waals surface area contributed by atoms with Crippen LogP contribution in [0.25, 0.3) is 0 Å². The summed E-state index contributed by atoms with van der Waals surface area (Å²) < 4.78 is 52.7. The van der Waals surface area contributed by atoms with E-state index >= 15 is 0 Å². The van der Waals surface area contributed by atoms with Crippen LogP contribution in [-0.2, 0) is 21.4 Å².